The standard InChI is InChI=1S/C26H30I6N3O9P/c1-26(2,3)11-44-45(39,40)43-10-16(35-25(38)18-13(28)9-15(30)22(42-5)20(18)32)23(36)33-6-7-34-24(37)17-12(27)8-14(29)21(41-4)19(17)31/h8-9,16H,6-7,10-11H2,1-5H3,(H,33,36)(H,34,37)(H,35,38)(H,39,40)/t16-/m0/s1. The third-order valence-corrected chi connectivity index (χ3v) is 11.8. The third-order valence-electron chi connectivity index (χ3n) is 5.52. The molecule has 0 aliphatic rings. The molecule has 0 aliphatic carbocycles. The molecule has 12 nitrogen and oxygen atoms in total. The lowest BCUT2D eigenvalue weighted by molar-refractivity contribution is -0.123. The van der Waals surface area contributed by atoms with Crippen molar-refractivity contribution in [1.82, 2.24) is 16.0 Å². The van der Waals surface area contributed by atoms with Crippen molar-refractivity contribution in [3.8, 4) is 11.5 Å². The zero-order chi connectivity index (χ0) is 34.3. The Bertz CT molecular complexity index is 1490. The molecule has 45 heavy (non-hydrogen) atoms. The van der Waals surface area contributed by atoms with Crippen molar-refractivity contribution in [3.05, 3.63) is 44.7 Å². The molecule has 0 aromatic heterocycles. The van der Waals surface area contributed by atoms with E-state index in [0.29, 0.717) is 27.8 Å². The number of ether oxygens (including phenoxy) is 2. The van der Waals surface area contributed by atoms with E-state index in [1.807, 2.05) is 72.0 Å². The van der Waals surface area contributed by atoms with Gasteiger partial charge in [-0.1, -0.05) is 20.8 Å². The zero-order valence-corrected chi connectivity index (χ0v) is 38.3. The fraction of sp³-hybridized carbons (Fsp3) is 0.423. The Morgan fingerprint density at radius 1 is 0.800 bits per heavy atom. The molecule has 0 bridgehead atoms. The third kappa shape index (κ3) is 12.6. The largest absolute Gasteiger partial charge is 0.495 e. The monoisotopic (exact) mass is 1320 g/mol. The molecule has 0 radical (unpaired) electrons. The fourth-order valence-electron chi connectivity index (χ4n) is 3.40. The number of amides is 3. The van der Waals surface area contributed by atoms with Gasteiger partial charge < -0.3 is 30.3 Å². The SMILES string of the molecule is COc1c(I)cc(I)c(C(=O)NCCNC(=O)[C@H](COP(=O)(O)OCC(C)(C)C)NC(=O)c2c(I)cc(I)c(OC)c2I)c1I. The molecular weight excluding hydrogens is 1290 g/mol. The number of hydrogen-bond donors (Lipinski definition) is 4. The quantitative estimate of drug-likeness (QED) is 0.0988. The van der Waals surface area contributed by atoms with Crippen molar-refractivity contribution in [2.24, 2.45) is 5.41 Å². The van der Waals surface area contributed by atoms with E-state index in [1.54, 1.807) is 6.07 Å². The number of carbonyl (C=O) groups excluding carboxylic acids is 3. The van der Waals surface area contributed by atoms with Gasteiger partial charge in [0.15, 0.2) is 0 Å². The lowest BCUT2D eigenvalue weighted by Gasteiger charge is -2.23. The van der Waals surface area contributed by atoms with Gasteiger partial charge in [-0.3, -0.25) is 23.4 Å². The maximum Gasteiger partial charge on any atom is 0.472 e. The van der Waals surface area contributed by atoms with Crippen LogP contribution in [0, 0.1) is 26.8 Å². The Morgan fingerprint density at radius 2 is 1.27 bits per heavy atom. The summed E-state index contributed by atoms with van der Waals surface area (Å²) in [6.45, 7) is 4.77. The summed E-state index contributed by atoms with van der Waals surface area (Å²) in [7, 11) is -1.54. The number of nitrogens with one attached hydrogen (secondary N) is 3. The van der Waals surface area contributed by atoms with E-state index in [0.717, 1.165) is 10.7 Å². The highest BCUT2D eigenvalue weighted by Crippen LogP contribution is 2.44. The number of halogens is 6. The smallest absolute Gasteiger partial charge is 0.472 e. The molecule has 3 amide bonds. The van der Waals surface area contributed by atoms with Crippen molar-refractivity contribution in [3.63, 3.8) is 0 Å². The van der Waals surface area contributed by atoms with Gasteiger partial charge in [-0.05, 0) is 153 Å². The molecular formula is C26H30I6N3O9P. The number of carbonyl (C=O) groups is 3. The molecule has 2 aromatic carbocycles. The summed E-state index contributed by atoms with van der Waals surface area (Å²) >= 11 is 12.4. The first-order valence-corrected chi connectivity index (χ1v) is 20.7. The number of phosphoric ester groups is 1. The van der Waals surface area contributed by atoms with E-state index in [4.69, 9.17) is 18.5 Å². The summed E-state index contributed by atoms with van der Waals surface area (Å²) in [5.41, 5.74) is 0.296. The Labute approximate surface area is 343 Å². The molecule has 0 saturated heterocycles. The zero-order valence-electron chi connectivity index (χ0n) is 24.5. The average molecular weight is 1320 g/mol. The predicted octanol–water partition coefficient (Wildman–Crippen LogP) is 6.16. The highest BCUT2D eigenvalue weighted by atomic mass is 127. The fourth-order valence-corrected chi connectivity index (χ4v) is 13.0. The molecule has 250 valence electrons. The van der Waals surface area contributed by atoms with E-state index in [9.17, 15) is 23.8 Å². The van der Waals surface area contributed by atoms with Gasteiger partial charge in [0.05, 0.1) is 52.8 Å². The van der Waals surface area contributed by atoms with Crippen LogP contribution in [0.25, 0.3) is 0 Å². The summed E-state index contributed by atoms with van der Waals surface area (Å²) in [6, 6.07) is 2.22. The first-order chi connectivity index (χ1) is 20.8. The van der Waals surface area contributed by atoms with Crippen molar-refractivity contribution in [2.45, 2.75) is 26.8 Å². The van der Waals surface area contributed by atoms with Crippen LogP contribution in [0.1, 0.15) is 41.5 Å². The van der Waals surface area contributed by atoms with Crippen molar-refractivity contribution < 1.29 is 42.4 Å². The minimum atomic E-state index is -4.56. The second-order valence-corrected chi connectivity index (χ2v) is 18.6. The normalized spacial score (nSPS) is 13.4. The lowest BCUT2D eigenvalue weighted by atomic mass is 9.99. The summed E-state index contributed by atoms with van der Waals surface area (Å²) in [6.07, 6.45) is 0. The molecule has 1 unspecified atom stereocenters. The topological polar surface area (TPSA) is 162 Å². The van der Waals surface area contributed by atoms with E-state index >= 15 is 0 Å². The van der Waals surface area contributed by atoms with E-state index < -0.39 is 37.7 Å². The van der Waals surface area contributed by atoms with Crippen LogP contribution in [-0.4, -0.2) is 69.2 Å². The van der Waals surface area contributed by atoms with Gasteiger partial charge in [0.2, 0.25) is 5.91 Å². The number of rotatable bonds is 14. The van der Waals surface area contributed by atoms with Gasteiger partial charge >= 0.3 is 7.82 Å². The van der Waals surface area contributed by atoms with Crippen molar-refractivity contribution in [2.75, 3.05) is 40.5 Å². The van der Waals surface area contributed by atoms with Gasteiger partial charge in [0, 0.05) is 20.2 Å². The predicted molar refractivity (Wildman–Crippen MR) is 220 cm³/mol. The van der Waals surface area contributed by atoms with E-state index in [-0.39, 0.29) is 31.2 Å². The molecule has 0 aliphatic heterocycles. The number of benzene rings is 2. The summed E-state index contributed by atoms with van der Waals surface area (Å²) in [5, 5.41) is 8.02. The van der Waals surface area contributed by atoms with E-state index in [2.05, 4.69) is 106 Å². The Morgan fingerprint density at radius 3 is 1.73 bits per heavy atom. The molecule has 0 heterocycles. The average Bonchev–Trinajstić information content (AvgIpc) is 2.91. The molecule has 0 fully saturated rings. The Hall–Kier alpha value is 0.940. The Balaban J connectivity index is 2.19. The molecule has 19 heteroatoms. The summed E-state index contributed by atoms with van der Waals surface area (Å²) in [4.78, 5) is 49.9. The minimum absolute atomic E-state index is 0.00462. The minimum Gasteiger partial charge on any atom is -0.495 e. The molecule has 0 spiro atoms. The summed E-state index contributed by atoms with van der Waals surface area (Å²) < 4.78 is 37.8. The second kappa shape index (κ2) is 18.8. The highest BCUT2D eigenvalue weighted by molar-refractivity contribution is 14.1. The van der Waals surface area contributed by atoms with Crippen LogP contribution in [0.15, 0.2) is 12.1 Å². The maximum atomic E-state index is 13.4. The van der Waals surface area contributed by atoms with Gasteiger partial charge in [0.25, 0.3) is 11.8 Å². The number of phosphoric acid groups is 1. The van der Waals surface area contributed by atoms with Crippen molar-refractivity contribution in [1.29, 1.82) is 0 Å². The van der Waals surface area contributed by atoms with Crippen LogP contribution >= 0.6 is 143 Å². The van der Waals surface area contributed by atoms with Crippen LogP contribution in [0.4, 0.5) is 0 Å². The van der Waals surface area contributed by atoms with Crippen molar-refractivity contribution >= 4 is 161 Å². The number of methoxy groups -OCH3 is 2. The molecule has 4 N–H and O–H groups in total. The summed E-state index contributed by atoms with van der Waals surface area (Å²) in [5.74, 6) is -0.571. The number of hydrogen-bond acceptors (Lipinski definition) is 8. The first-order valence-electron chi connectivity index (χ1n) is 12.7. The molecule has 2 rings (SSSR count). The van der Waals surface area contributed by atoms with Crippen LogP contribution in [-0.2, 0) is 18.4 Å². The van der Waals surface area contributed by atoms with Gasteiger partial charge in [-0.25, -0.2) is 4.57 Å². The lowest BCUT2D eigenvalue weighted by Crippen LogP contribution is -2.50. The molecule has 2 atom stereocenters. The van der Waals surface area contributed by atoms with Gasteiger partial charge in [0.1, 0.15) is 17.5 Å². The first kappa shape index (κ1) is 42.1. The van der Waals surface area contributed by atoms with Gasteiger partial charge in [-0.2, -0.15) is 0 Å². The highest BCUT2D eigenvalue weighted by Gasteiger charge is 2.31. The van der Waals surface area contributed by atoms with Crippen LogP contribution < -0.4 is 25.4 Å². The van der Waals surface area contributed by atoms with E-state index in [1.165, 1.54) is 14.2 Å². The Kier molecular flexibility index (Phi) is 17.6. The molecule has 2 aromatic rings. The molecule has 0 saturated carbocycles. The van der Waals surface area contributed by atoms with Crippen LogP contribution in [0.3, 0.4) is 0 Å². The van der Waals surface area contributed by atoms with Gasteiger partial charge in [-0.15, -0.1) is 0 Å². The second-order valence-electron chi connectivity index (χ2n) is 10.3. The maximum absolute atomic E-state index is 13.4. The van der Waals surface area contributed by atoms with Crippen LogP contribution in [0.5, 0.6) is 11.5 Å². The van der Waals surface area contributed by atoms with Crippen LogP contribution in [0.2, 0.25) is 0 Å².